The van der Waals surface area contributed by atoms with E-state index in [0.717, 1.165) is 22.8 Å². The molecule has 0 unspecified atom stereocenters. The Bertz CT molecular complexity index is 1020. The van der Waals surface area contributed by atoms with E-state index in [1.807, 2.05) is 36.4 Å². The molecule has 0 saturated carbocycles. The van der Waals surface area contributed by atoms with Crippen LogP contribution in [0.1, 0.15) is 32.3 Å². The van der Waals surface area contributed by atoms with Crippen molar-refractivity contribution in [1.29, 1.82) is 0 Å². The molecule has 34 heavy (non-hydrogen) atoms. The van der Waals surface area contributed by atoms with Crippen molar-refractivity contribution in [3.63, 3.8) is 0 Å². The van der Waals surface area contributed by atoms with E-state index in [0.29, 0.717) is 37.1 Å². The zero-order chi connectivity index (χ0) is 24.2. The summed E-state index contributed by atoms with van der Waals surface area (Å²) in [4.78, 5) is 26.5. The van der Waals surface area contributed by atoms with E-state index >= 15 is 0 Å². The molecule has 2 heterocycles. The number of amides is 1. The summed E-state index contributed by atoms with van der Waals surface area (Å²) in [6.45, 7) is 5.41. The third-order valence-electron chi connectivity index (χ3n) is 5.04. The van der Waals surface area contributed by atoms with Crippen molar-refractivity contribution in [3.8, 4) is 11.4 Å². The lowest BCUT2D eigenvalue weighted by atomic mass is 10.0. The highest BCUT2D eigenvalue weighted by Gasteiger charge is 2.21. The minimum atomic E-state index is -0.394. The van der Waals surface area contributed by atoms with Gasteiger partial charge in [-0.3, -0.25) is 9.78 Å². The van der Waals surface area contributed by atoms with Gasteiger partial charge in [-0.1, -0.05) is 44.2 Å². The summed E-state index contributed by atoms with van der Waals surface area (Å²) in [6, 6.07) is 15.6. The highest BCUT2D eigenvalue weighted by atomic mass is 32.2. The molecule has 0 aliphatic heterocycles. The highest BCUT2D eigenvalue weighted by Crippen LogP contribution is 2.27. The van der Waals surface area contributed by atoms with Gasteiger partial charge in [-0.15, -0.1) is 11.8 Å². The minimum absolute atomic E-state index is 0.0348. The third kappa shape index (κ3) is 8.43. The van der Waals surface area contributed by atoms with Crippen LogP contribution in [0.3, 0.4) is 0 Å². The van der Waals surface area contributed by atoms with E-state index < -0.39 is 6.04 Å². The molecular weight excluding hydrogens is 446 g/mol. The van der Waals surface area contributed by atoms with Gasteiger partial charge in [0.1, 0.15) is 16.9 Å². The van der Waals surface area contributed by atoms with Crippen LogP contribution in [0.5, 0.6) is 0 Å². The largest absolute Gasteiger partial charge is 0.385 e. The highest BCUT2D eigenvalue weighted by molar-refractivity contribution is 7.98. The molecule has 0 aliphatic rings. The molecule has 7 nitrogen and oxygen atoms in total. The molecule has 8 heteroatoms. The fourth-order valence-corrected chi connectivity index (χ4v) is 4.22. The van der Waals surface area contributed by atoms with Crippen molar-refractivity contribution in [3.05, 3.63) is 66.5 Å². The molecule has 1 amide bonds. The molecule has 0 spiro atoms. The van der Waals surface area contributed by atoms with Crippen molar-refractivity contribution < 1.29 is 9.53 Å². The number of benzene rings is 1. The number of pyridine rings is 1. The van der Waals surface area contributed by atoms with E-state index in [-0.39, 0.29) is 5.91 Å². The van der Waals surface area contributed by atoms with E-state index in [1.54, 1.807) is 31.3 Å². The number of anilines is 1. The van der Waals surface area contributed by atoms with Crippen LogP contribution in [0.25, 0.3) is 11.4 Å². The average Bonchev–Trinajstić information content (AvgIpc) is 2.85. The number of ether oxygens (including phenoxy) is 1. The van der Waals surface area contributed by atoms with Crippen LogP contribution in [-0.2, 0) is 15.3 Å². The standard InChI is InChI=1S/C26H33N5O2S/c1-19(2)16-22(26(32)28-12-7-15-33-3)29-23-17-24(34-18-20-8-5-4-6-9-20)31-25(30-23)21-10-13-27-14-11-21/h4-6,8-11,13-14,17,19,22H,7,12,15-16,18H2,1-3H3,(H,28,32)(H,29,30,31)/t22-/m0/s1. The lowest BCUT2D eigenvalue weighted by molar-refractivity contribution is -0.122. The van der Waals surface area contributed by atoms with Crippen LogP contribution in [0, 0.1) is 5.92 Å². The molecule has 0 fully saturated rings. The van der Waals surface area contributed by atoms with Crippen molar-refractivity contribution in [1.82, 2.24) is 20.3 Å². The summed E-state index contributed by atoms with van der Waals surface area (Å²) in [5, 5.41) is 7.23. The van der Waals surface area contributed by atoms with Gasteiger partial charge in [0, 0.05) is 50.0 Å². The summed E-state index contributed by atoms with van der Waals surface area (Å²) >= 11 is 1.64. The van der Waals surface area contributed by atoms with Gasteiger partial charge >= 0.3 is 0 Å². The van der Waals surface area contributed by atoms with Gasteiger partial charge in [-0.05, 0) is 36.5 Å². The summed E-state index contributed by atoms with van der Waals surface area (Å²) in [5.74, 6) is 2.34. The molecular formula is C26H33N5O2S. The maximum atomic E-state index is 12.9. The van der Waals surface area contributed by atoms with Crippen LogP contribution in [-0.4, -0.2) is 47.2 Å². The number of carbonyl (C=O) groups excluding carboxylic acids is 1. The summed E-state index contributed by atoms with van der Waals surface area (Å²) < 4.78 is 5.08. The number of aromatic nitrogens is 3. The van der Waals surface area contributed by atoms with Crippen molar-refractivity contribution in [2.24, 2.45) is 5.92 Å². The number of methoxy groups -OCH3 is 1. The second-order valence-electron chi connectivity index (χ2n) is 8.39. The van der Waals surface area contributed by atoms with Crippen LogP contribution in [0.2, 0.25) is 0 Å². The fourth-order valence-electron chi connectivity index (χ4n) is 3.37. The van der Waals surface area contributed by atoms with Crippen LogP contribution in [0.15, 0.2) is 66.0 Å². The Labute approximate surface area is 206 Å². The quantitative estimate of drug-likeness (QED) is 0.207. The van der Waals surface area contributed by atoms with E-state index in [9.17, 15) is 4.79 Å². The topological polar surface area (TPSA) is 89.0 Å². The van der Waals surface area contributed by atoms with Crippen molar-refractivity contribution in [2.75, 3.05) is 25.6 Å². The zero-order valence-corrected chi connectivity index (χ0v) is 20.8. The number of hydrogen-bond donors (Lipinski definition) is 2. The number of thioether (sulfide) groups is 1. The first-order chi connectivity index (χ1) is 16.5. The Kier molecular flexibility index (Phi) is 10.3. The van der Waals surface area contributed by atoms with E-state index in [4.69, 9.17) is 14.7 Å². The van der Waals surface area contributed by atoms with Crippen LogP contribution in [0.4, 0.5) is 5.82 Å². The first-order valence-corrected chi connectivity index (χ1v) is 12.5. The molecule has 180 valence electrons. The molecule has 2 aromatic heterocycles. The van der Waals surface area contributed by atoms with Gasteiger partial charge in [-0.25, -0.2) is 9.97 Å². The lowest BCUT2D eigenvalue weighted by Gasteiger charge is -2.21. The normalized spacial score (nSPS) is 11.9. The molecule has 3 rings (SSSR count). The SMILES string of the molecule is COCCCNC(=O)[C@H](CC(C)C)Nc1cc(SCc2ccccc2)nc(-c2ccncc2)n1. The van der Waals surface area contributed by atoms with E-state index in [1.165, 1.54) is 5.56 Å². The summed E-state index contributed by atoms with van der Waals surface area (Å²) in [6.07, 6.45) is 4.92. The molecule has 0 bridgehead atoms. The van der Waals surface area contributed by atoms with E-state index in [2.05, 4.69) is 41.6 Å². The van der Waals surface area contributed by atoms with Gasteiger partial charge in [0.05, 0.1) is 0 Å². The molecule has 3 aromatic rings. The Morgan fingerprint density at radius 2 is 1.85 bits per heavy atom. The van der Waals surface area contributed by atoms with Gasteiger partial charge in [-0.2, -0.15) is 0 Å². The monoisotopic (exact) mass is 479 g/mol. The predicted molar refractivity (Wildman–Crippen MR) is 138 cm³/mol. The average molecular weight is 480 g/mol. The van der Waals surface area contributed by atoms with Gasteiger partial charge in [0.2, 0.25) is 5.91 Å². The maximum absolute atomic E-state index is 12.9. The number of nitrogens with zero attached hydrogens (tertiary/aromatic N) is 3. The molecule has 1 atom stereocenters. The van der Waals surface area contributed by atoms with Gasteiger partial charge in [0.15, 0.2) is 5.82 Å². The third-order valence-corrected chi connectivity index (χ3v) is 6.02. The Morgan fingerprint density at radius 3 is 2.56 bits per heavy atom. The second kappa shape index (κ2) is 13.7. The number of nitrogens with one attached hydrogen (secondary N) is 2. The molecule has 1 aromatic carbocycles. The summed E-state index contributed by atoms with van der Waals surface area (Å²) in [7, 11) is 1.66. The first-order valence-electron chi connectivity index (χ1n) is 11.5. The Hall–Kier alpha value is -2.97. The molecule has 0 saturated heterocycles. The number of rotatable bonds is 13. The van der Waals surface area contributed by atoms with Crippen molar-refractivity contribution in [2.45, 2.75) is 43.5 Å². The minimum Gasteiger partial charge on any atom is -0.385 e. The molecule has 0 radical (unpaired) electrons. The second-order valence-corrected chi connectivity index (χ2v) is 9.38. The smallest absolute Gasteiger partial charge is 0.242 e. The first kappa shape index (κ1) is 25.6. The molecule has 2 N–H and O–H groups in total. The Balaban J connectivity index is 1.82. The molecule has 0 aliphatic carbocycles. The van der Waals surface area contributed by atoms with Gasteiger partial charge in [0.25, 0.3) is 0 Å². The Morgan fingerprint density at radius 1 is 1.09 bits per heavy atom. The van der Waals surface area contributed by atoms with Crippen LogP contribution < -0.4 is 10.6 Å². The number of hydrogen-bond acceptors (Lipinski definition) is 7. The van der Waals surface area contributed by atoms with Crippen molar-refractivity contribution >= 4 is 23.5 Å². The summed E-state index contributed by atoms with van der Waals surface area (Å²) in [5.41, 5.74) is 2.10. The zero-order valence-electron chi connectivity index (χ0n) is 20.0. The van der Waals surface area contributed by atoms with Crippen LogP contribution >= 0.6 is 11.8 Å². The predicted octanol–water partition coefficient (Wildman–Crippen LogP) is 4.81. The lowest BCUT2D eigenvalue weighted by Crippen LogP contribution is -2.41. The maximum Gasteiger partial charge on any atom is 0.242 e. The number of carbonyl (C=O) groups is 1. The fraction of sp³-hybridized carbons (Fsp3) is 0.385. The van der Waals surface area contributed by atoms with Gasteiger partial charge < -0.3 is 15.4 Å².